The lowest BCUT2D eigenvalue weighted by molar-refractivity contribution is 0.366. The van der Waals surface area contributed by atoms with Crippen LogP contribution in [0.1, 0.15) is 25.7 Å². The summed E-state index contributed by atoms with van der Waals surface area (Å²) in [4.78, 5) is 7.18. The maximum Gasteiger partial charge on any atom is 0.164 e. The fourth-order valence-electron chi connectivity index (χ4n) is 2.88. The summed E-state index contributed by atoms with van der Waals surface area (Å²) in [5.74, 6) is 1.99. The number of nitrogens with zero attached hydrogens (tertiary/aromatic N) is 2. The van der Waals surface area contributed by atoms with E-state index in [9.17, 15) is 0 Å². The molecule has 20 heavy (non-hydrogen) atoms. The summed E-state index contributed by atoms with van der Waals surface area (Å²) >= 11 is 13.8. The Balaban J connectivity index is 1.73. The molecule has 1 aromatic carbocycles. The molecule has 108 valence electrons. The van der Waals surface area contributed by atoms with Gasteiger partial charge in [-0.15, -0.1) is 0 Å². The van der Waals surface area contributed by atoms with Gasteiger partial charge in [-0.05, 0) is 37.0 Å². The summed E-state index contributed by atoms with van der Waals surface area (Å²) in [6, 6.07) is 5.57. The van der Waals surface area contributed by atoms with Gasteiger partial charge in [0.15, 0.2) is 5.17 Å². The Kier molecular flexibility index (Phi) is 4.79. The molecule has 1 saturated heterocycles. The first-order valence-electron chi connectivity index (χ1n) is 7.14. The molecule has 0 aromatic heterocycles. The van der Waals surface area contributed by atoms with Gasteiger partial charge in [0.25, 0.3) is 0 Å². The van der Waals surface area contributed by atoms with E-state index in [0.717, 1.165) is 35.6 Å². The van der Waals surface area contributed by atoms with Crippen LogP contribution in [0.15, 0.2) is 23.2 Å². The molecule has 0 atom stereocenters. The molecule has 3 rings (SSSR count). The number of hydrogen-bond acceptors (Lipinski definition) is 2. The molecule has 2 nitrogen and oxygen atoms in total. The monoisotopic (exact) mass is 328 g/mol. The van der Waals surface area contributed by atoms with Gasteiger partial charge in [0, 0.05) is 18.8 Å². The zero-order valence-corrected chi connectivity index (χ0v) is 13.6. The lowest BCUT2D eigenvalue weighted by atomic mass is 10.1. The maximum atomic E-state index is 6.05. The summed E-state index contributed by atoms with van der Waals surface area (Å²) < 4.78 is 0. The van der Waals surface area contributed by atoms with Crippen LogP contribution in [0.4, 0.5) is 5.69 Å². The second kappa shape index (κ2) is 6.59. The van der Waals surface area contributed by atoms with Gasteiger partial charge in [-0.25, -0.2) is 4.99 Å². The highest BCUT2D eigenvalue weighted by Gasteiger charge is 2.24. The van der Waals surface area contributed by atoms with Crippen LogP contribution in [-0.2, 0) is 0 Å². The fraction of sp³-hybridized carbons (Fsp3) is 0.533. The largest absolute Gasteiger partial charge is 0.350 e. The van der Waals surface area contributed by atoms with E-state index in [4.69, 9.17) is 28.2 Å². The second-order valence-corrected chi connectivity index (χ2v) is 7.31. The minimum absolute atomic E-state index is 0.568. The number of hydrogen-bond donors (Lipinski definition) is 0. The molecule has 5 heteroatoms. The van der Waals surface area contributed by atoms with E-state index in [0.29, 0.717) is 10.0 Å². The topological polar surface area (TPSA) is 15.6 Å². The van der Waals surface area contributed by atoms with Crippen LogP contribution in [0.5, 0.6) is 0 Å². The van der Waals surface area contributed by atoms with Crippen LogP contribution in [0.25, 0.3) is 0 Å². The van der Waals surface area contributed by atoms with Crippen molar-refractivity contribution in [1.82, 2.24) is 4.90 Å². The van der Waals surface area contributed by atoms with Crippen LogP contribution < -0.4 is 0 Å². The van der Waals surface area contributed by atoms with Crippen LogP contribution in [-0.4, -0.2) is 28.9 Å². The molecular formula is C15H18Cl2N2S. The van der Waals surface area contributed by atoms with Crippen molar-refractivity contribution in [1.29, 1.82) is 0 Å². The van der Waals surface area contributed by atoms with Gasteiger partial charge in [-0.1, -0.05) is 47.8 Å². The highest BCUT2D eigenvalue weighted by Crippen LogP contribution is 2.31. The smallest absolute Gasteiger partial charge is 0.164 e. The van der Waals surface area contributed by atoms with E-state index in [1.807, 2.05) is 30.0 Å². The second-order valence-electron chi connectivity index (χ2n) is 5.44. The SMILES string of the molecule is Clc1ccc(/N=C2\SCCN2CC2CCCC2)cc1Cl. The van der Waals surface area contributed by atoms with Crippen molar-refractivity contribution in [3.63, 3.8) is 0 Å². The highest BCUT2D eigenvalue weighted by atomic mass is 35.5. The Morgan fingerprint density at radius 1 is 1.20 bits per heavy atom. The molecule has 0 bridgehead atoms. The van der Waals surface area contributed by atoms with Crippen molar-refractivity contribution in [2.24, 2.45) is 10.9 Å². The van der Waals surface area contributed by atoms with E-state index >= 15 is 0 Å². The summed E-state index contributed by atoms with van der Waals surface area (Å²) in [6.07, 6.45) is 5.54. The summed E-state index contributed by atoms with van der Waals surface area (Å²) in [6.45, 7) is 2.27. The van der Waals surface area contributed by atoms with Gasteiger partial charge in [0.2, 0.25) is 0 Å². The third kappa shape index (κ3) is 3.44. The van der Waals surface area contributed by atoms with Gasteiger partial charge >= 0.3 is 0 Å². The number of aliphatic imine (C=N–C) groups is 1. The quantitative estimate of drug-likeness (QED) is 0.755. The van der Waals surface area contributed by atoms with E-state index < -0.39 is 0 Å². The first-order valence-corrected chi connectivity index (χ1v) is 8.88. The van der Waals surface area contributed by atoms with E-state index in [1.165, 1.54) is 25.7 Å². The molecular weight excluding hydrogens is 311 g/mol. The molecule has 1 aliphatic heterocycles. The Labute approximate surface area is 134 Å². The van der Waals surface area contributed by atoms with Crippen LogP contribution in [0, 0.1) is 5.92 Å². The number of amidine groups is 1. The van der Waals surface area contributed by atoms with Gasteiger partial charge < -0.3 is 4.90 Å². The Bertz CT molecular complexity index is 513. The molecule has 1 aliphatic carbocycles. The van der Waals surface area contributed by atoms with Gasteiger partial charge in [-0.2, -0.15) is 0 Å². The van der Waals surface area contributed by atoms with Crippen molar-refractivity contribution in [3.8, 4) is 0 Å². The minimum Gasteiger partial charge on any atom is -0.350 e. The van der Waals surface area contributed by atoms with Crippen LogP contribution >= 0.6 is 35.0 Å². The molecule has 0 N–H and O–H groups in total. The zero-order chi connectivity index (χ0) is 13.9. The molecule has 0 spiro atoms. The first kappa shape index (κ1) is 14.6. The number of halogens is 2. The van der Waals surface area contributed by atoms with Gasteiger partial charge in [0.1, 0.15) is 0 Å². The molecule has 0 radical (unpaired) electrons. The predicted molar refractivity (Wildman–Crippen MR) is 89.5 cm³/mol. The van der Waals surface area contributed by atoms with Crippen LogP contribution in [0.3, 0.4) is 0 Å². The Morgan fingerprint density at radius 2 is 2.00 bits per heavy atom. The van der Waals surface area contributed by atoms with E-state index in [2.05, 4.69) is 4.90 Å². The van der Waals surface area contributed by atoms with Gasteiger partial charge in [-0.3, -0.25) is 0 Å². The molecule has 2 aliphatic rings. The number of rotatable bonds is 3. The lowest BCUT2D eigenvalue weighted by Gasteiger charge is -2.21. The summed E-state index contributed by atoms with van der Waals surface area (Å²) in [7, 11) is 0. The lowest BCUT2D eigenvalue weighted by Crippen LogP contribution is -2.29. The average molecular weight is 329 g/mol. The standard InChI is InChI=1S/C15H18Cl2N2S/c16-13-6-5-12(9-14(13)17)18-15-19(7-8-20-15)10-11-3-1-2-4-11/h5-6,9,11H,1-4,7-8,10H2/b18-15-. The third-order valence-electron chi connectivity index (χ3n) is 3.94. The molecule has 1 heterocycles. The molecule has 0 unspecified atom stereocenters. The molecule has 1 saturated carbocycles. The van der Waals surface area contributed by atoms with Crippen molar-refractivity contribution in [3.05, 3.63) is 28.2 Å². The van der Waals surface area contributed by atoms with Crippen LogP contribution in [0.2, 0.25) is 10.0 Å². The zero-order valence-electron chi connectivity index (χ0n) is 11.3. The number of benzene rings is 1. The van der Waals surface area contributed by atoms with E-state index in [-0.39, 0.29) is 0 Å². The van der Waals surface area contributed by atoms with Gasteiger partial charge in [0.05, 0.1) is 15.7 Å². The van der Waals surface area contributed by atoms with Crippen molar-refractivity contribution >= 4 is 45.8 Å². The summed E-state index contributed by atoms with van der Waals surface area (Å²) in [5.41, 5.74) is 0.889. The predicted octanol–water partition coefficient (Wildman–Crippen LogP) is 5.22. The number of thioether (sulfide) groups is 1. The van der Waals surface area contributed by atoms with E-state index in [1.54, 1.807) is 0 Å². The fourth-order valence-corrected chi connectivity index (χ4v) is 4.18. The van der Waals surface area contributed by atoms with Crippen molar-refractivity contribution in [2.75, 3.05) is 18.8 Å². The average Bonchev–Trinajstić information content (AvgIpc) is 3.07. The Morgan fingerprint density at radius 3 is 2.75 bits per heavy atom. The normalized spacial score (nSPS) is 22.1. The molecule has 1 aromatic rings. The summed E-state index contributed by atoms with van der Waals surface area (Å²) in [5, 5.41) is 2.28. The molecule has 0 amide bonds. The van der Waals surface area contributed by atoms with Crippen molar-refractivity contribution < 1.29 is 0 Å². The maximum absolute atomic E-state index is 6.05. The minimum atomic E-state index is 0.568. The third-order valence-corrected chi connectivity index (χ3v) is 5.68. The highest BCUT2D eigenvalue weighted by molar-refractivity contribution is 8.14. The Hall–Kier alpha value is -0.380. The van der Waals surface area contributed by atoms with Crippen molar-refractivity contribution in [2.45, 2.75) is 25.7 Å². The molecule has 2 fully saturated rings. The first-order chi connectivity index (χ1) is 9.72.